The van der Waals surface area contributed by atoms with E-state index in [0.29, 0.717) is 12.6 Å². The number of para-hydroxylation sites is 1. The summed E-state index contributed by atoms with van der Waals surface area (Å²) in [5.74, 6) is 1.73. The van der Waals surface area contributed by atoms with Crippen LogP contribution in [0, 0.1) is 12.7 Å². The van der Waals surface area contributed by atoms with Crippen molar-refractivity contribution in [3.8, 4) is 5.75 Å². The molecule has 0 saturated carbocycles. The van der Waals surface area contributed by atoms with Crippen molar-refractivity contribution in [1.82, 2.24) is 15.6 Å². The number of aromatic nitrogens is 1. The van der Waals surface area contributed by atoms with E-state index in [4.69, 9.17) is 4.74 Å². The lowest BCUT2D eigenvalue weighted by Crippen LogP contribution is -2.49. The van der Waals surface area contributed by atoms with Gasteiger partial charge in [-0.25, -0.2) is 14.4 Å². The van der Waals surface area contributed by atoms with E-state index in [1.165, 1.54) is 6.07 Å². The maximum atomic E-state index is 13.8. The Hall–Kier alpha value is -2.83. The van der Waals surface area contributed by atoms with E-state index in [-0.39, 0.29) is 17.7 Å². The van der Waals surface area contributed by atoms with Gasteiger partial charge >= 0.3 is 0 Å². The van der Waals surface area contributed by atoms with Crippen molar-refractivity contribution in [3.05, 3.63) is 54.0 Å². The molecule has 1 fully saturated rings. The maximum Gasteiger partial charge on any atom is 0.191 e. The van der Waals surface area contributed by atoms with E-state index in [2.05, 4.69) is 37.6 Å². The number of halogens is 1. The highest BCUT2D eigenvalue weighted by molar-refractivity contribution is 5.80. The number of benzene rings is 1. The number of nitrogens with one attached hydrogen (secondary N) is 2. The lowest BCUT2D eigenvalue weighted by atomic mass is 10.1. The van der Waals surface area contributed by atoms with Gasteiger partial charge in [-0.15, -0.1) is 0 Å². The first-order valence-corrected chi connectivity index (χ1v) is 10.7. The lowest BCUT2D eigenvalue weighted by molar-refractivity contribution is 0.220. The van der Waals surface area contributed by atoms with Crippen LogP contribution in [0.1, 0.15) is 32.4 Å². The molecule has 1 aromatic heterocycles. The first-order chi connectivity index (χ1) is 14.5. The SMILES string of the molecule is CCNC(=NCC(C)Oc1ccccc1F)NC1CCN(c2cccc(C)n2)CC1. The topological polar surface area (TPSA) is 61.8 Å². The van der Waals surface area contributed by atoms with E-state index < -0.39 is 0 Å². The minimum atomic E-state index is -0.353. The predicted molar refractivity (Wildman–Crippen MR) is 120 cm³/mol. The Bertz CT molecular complexity index is 836. The summed E-state index contributed by atoms with van der Waals surface area (Å²) in [5, 5.41) is 6.83. The van der Waals surface area contributed by atoms with E-state index in [0.717, 1.165) is 49.9 Å². The van der Waals surface area contributed by atoms with E-state index in [1.54, 1.807) is 18.2 Å². The zero-order valence-electron chi connectivity index (χ0n) is 18.1. The van der Waals surface area contributed by atoms with Crippen LogP contribution in [0.4, 0.5) is 10.2 Å². The number of ether oxygens (including phenoxy) is 1. The van der Waals surface area contributed by atoms with Gasteiger partial charge in [0.15, 0.2) is 17.5 Å². The second kappa shape index (κ2) is 10.8. The summed E-state index contributed by atoms with van der Waals surface area (Å²) < 4.78 is 19.4. The fourth-order valence-electron chi connectivity index (χ4n) is 3.49. The number of nitrogens with zero attached hydrogens (tertiary/aromatic N) is 3. The van der Waals surface area contributed by atoms with Crippen LogP contribution in [0.25, 0.3) is 0 Å². The summed E-state index contributed by atoms with van der Waals surface area (Å²) in [4.78, 5) is 11.6. The molecule has 1 saturated heterocycles. The highest BCUT2D eigenvalue weighted by Crippen LogP contribution is 2.19. The zero-order valence-corrected chi connectivity index (χ0v) is 18.1. The Balaban J connectivity index is 1.51. The van der Waals surface area contributed by atoms with Gasteiger partial charge in [0.05, 0.1) is 6.54 Å². The Morgan fingerprint density at radius 3 is 2.70 bits per heavy atom. The predicted octanol–water partition coefficient (Wildman–Crippen LogP) is 3.52. The fraction of sp³-hybridized carbons (Fsp3) is 0.478. The molecule has 1 atom stereocenters. The summed E-state index contributed by atoms with van der Waals surface area (Å²) in [5.41, 5.74) is 1.04. The molecule has 6 nitrogen and oxygen atoms in total. The van der Waals surface area contributed by atoms with Crippen LogP contribution in [-0.4, -0.2) is 49.3 Å². The number of hydrogen-bond donors (Lipinski definition) is 2. The molecule has 2 heterocycles. The molecule has 1 aliphatic heterocycles. The average molecular weight is 414 g/mol. The number of hydrogen-bond acceptors (Lipinski definition) is 4. The van der Waals surface area contributed by atoms with Gasteiger partial charge in [-0.1, -0.05) is 18.2 Å². The van der Waals surface area contributed by atoms with Gasteiger partial charge < -0.3 is 20.3 Å². The highest BCUT2D eigenvalue weighted by atomic mass is 19.1. The van der Waals surface area contributed by atoms with E-state index in [9.17, 15) is 4.39 Å². The van der Waals surface area contributed by atoms with Crippen LogP contribution in [0.5, 0.6) is 5.75 Å². The van der Waals surface area contributed by atoms with Crippen LogP contribution < -0.4 is 20.3 Å². The molecule has 1 aliphatic rings. The molecule has 0 radical (unpaired) electrons. The first-order valence-electron chi connectivity index (χ1n) is 10.7. The van der Waals surface area contributed by atoms with Gasteiger partial charge in [0.25, 0.3) is 0 Å². The third kappa shape index (κ3) is 6.34. The fourth-order valence-corrected chi connectivity index (χ4v) is 3.49. The Labute approximate surface area is 178 Å². The molecule has 30 heavy (non-hydrogen) atoms. The number of piperidine rings is 1. The van der Waals surface area contributed by atoms with E-state index in [1.807, 2.05) is 26.8 Å². The molecule has 0 aliphatic carbocycles. The Morgan fingerprint density at radius 1 is 1.23 bits per heavy atom. The molecule has 0 amide bonds. The average Bonchev–Trinajstić information content (AvgIpc) is 2.74. The molecular formula is C23H32FN5O. The highest BCUT2D eigenvalue weighted by Gasteiger charge is 2.21. The van der Waals surface area contributed by atoms with Crippen LogP contribution in [-0.2, 0) is 0 Å². The van der Waals surface area contributed by atoms with Crippen LogP contribution in [0.3, 0.4) is 0 Å². The number of aryl methyl sites for hydroxylation is 1. The normalized spacial score (nSPS) is 16.3. The Kier molecular flexibility index (Phi) is 7.88. The second-order valence-corrected chi connectivity index (χ2v) is 7.62. The van der Waals surface area contributed by atoms with Crippen molar-refractivity contribution in [1.29, 1.82) is 0 Å². The van der Waals surface area contributed by atoms with Crippen molar-refractivity contribution in [2.45, 2.75) is 45.8 Å². The molecule has 2 aromatic rings. The van der Waals surface area contributed by atoms with Gasteiger partial charge in [-0.2, -0.15) is 0 Å². The molecule has 7 heteroatoms. The van der Waals surface area contributed by atoms with Crippen molar-refractivity contribution >= 4 is 11.8 Å². The second-order valence-electron chi connectivity index (χ2n) is 7.62. The third-order valence-electron chi connectivity index (χ3n) is 5.05. The van der Waals surface area contributed by atoms with Crippen molar-refractivity contribution < 1.29 is 9.13 Å². The molecule has 162 valence electrons. The van der Waals surface area contributed by atoms with Crippen molar-refractivity contribution in [2.24, 2.45) is 4.99 Å². The quantitative estimate of drug-likeness (QED) is 0.537. The summed E-state index contributed by atoms with van der Waals surface area (Å²) in [6.07, 6.45) is 1.80. The molecular weight excluding hydrogens is 381 g/mol. The molecule has 0 bridgehead atoms. The molecule has 1 aromatic carbocycles. The summed E-state index contributed by atoms with van der Waals surface area (Å²) >= 11 is 0. The molecule has 3 rings (SSSR count). The van der Waals surface area contributed by atoms with Crippen LogP contribution in [0.15, 0.2) is 47.5 Å². The molecule has 0 spiro atoms. The Morgan fingerprint density at radius 2 is 2.00 bits per heavy atom. The third-order valence-corrected chi connectivity index (χ3v) is 5.05. The van der Waals surface area contributed by atoms with Crippen molar-refractivity contribution in [2.75, 3.05) is 31.1 Å². The first kappa shape index (κ1) is 21.9. The standard InChI is InChI=1S/C23H32FN5O/c1-4-25-23(26-16-18(3)30-21-10-6-5-9-20(21)24)28-19-12-14-29(15-13-19)22-11-7-8-17(2)27-22/h5-11,18-19H,4,12-16H2,1-3H3,(H2,25,26,28). The number of pyridine rings is 1. The number of guanidine groups is 1. The van der Waals surface area contributed by atoms with Crippen molar-refractivity contribution in [3.63, 3.8) is 0 Å². The van der Waals surface area contributed by atoms with Crippen LogP contribution in [0.2, 0.25) is 0 Å². The summed E-state index contributed by atoms with van der Waals surface area (Å²) in [6, 6.07) is 13.0. The summed E-state index contributed by atoms with van der Waals surface area (Å²) in [7, 11) is 0. The minimum Gasteiger partial charge on any atom is -0.486 e. The minimum absolute atomic E-state index is 0.230. The van der Waals surface area contributed by atoms with Gasteiger partial charge in [-0.05, 0) is 57.9 Å². The van der Waals surface area contributed by atoms with E-state index >= 15 is 0 Å². The number of anilines is 1. The largest absolute Gasteiger partial charge is 0.486 e. The smallest absolute Gasteiger partial charge is 0.191 e. The maximum absolute atomic E-state index is 13.8. The zero-order chi connectivity index (χ0) is 21.3. The monoisotopic (exact) mass is 413 g/mol. The lowest BCUT2D eigenvalue weighted by Gasteiger charge is -2.34. The van der Waals surface area contributed by atoms with Gasteiger partial charge in [0, 0.05) is 31.4 Å². The van der Waals surface area contributed by atoms with Gasteiger partial charge in [-0.3, -0.25) is 0 Å². The molecule has 1 unspecified atom stereocenters. The molecule has 2 N–H and O–H groups in total. The summed E-state index contributed by atoms with van der Waals surface area (Å²) in [6.45, 7) is 9.10. The van der Waals surface area contributed by atoms with Gasteiger partial charge in [0.2, 0.25) is 0 Å². The van der Waals surface area contributed by atoms with Gasteiger partial charge in [0.1, 0.15) is 11.9 Å². The number of aliphatic imine (C=N–C) groups is 1. The van der Waals surface area contributed by atoms with Crippen LogP contribution >= 0.6 is 0 Å². The number of rotatable bonds is 7.